The first-order valence-corrected chi connectivity index (χ1v) is 9.72. The molecule has 2 atom stereocenters. The van der Waals surface area contributed by atoms with Crippen LogP contribution >= 0.6 is 11.3 Å². The molecule has 0 bridgehead atoms. The topological polar surface area (TPSA) is 62.6 Å². The van der Waals surface area contributed by atoms with Gasteiger partial charge in [0.15, 0.2) is 0 Å². The van der Waals surface area contributed by atoms with Crippen LogP contribution in [0.3, 0.4) is 0 Å². The minimum atomic E-state index is -0.427. The van der Waals surface area contributed by atoms with Gasteiger partial charge in [-0.05, 0) is 36.6 Å². The molecule has 1 saturated heterocycles. The molecule has 1 aliphatic heterocycles. The lowest BCUT2D eigenvalue weighted by Gasteiger charge is -2.27. The van der Waals surface area contributed by atoms with E-state index in [1.807, 2.05) is 54.8 Å². The minimum absolute atomic E-state index is 0.0271. The molecule has 2 aromatic heterocycles. The molecule has 2 amide bonds. The number of hydrogen-bond donors (Lipinski definition) is 1. The zero-order valence-corrected chi connectivity index (χ0v) is 15.7. The average molecular weight is 380 g/mol. The van der Waals surface area contributed by atoms with Crippen molar-refractivity contribution in [2.24, 2.45) is 5.92 Å². The summed E-state index contributed by atoms with van der Waals surface area (Å²) in [5.74, 6) is -0.567. The first-order chi connectivity index (χ1) is 13.1. The number of rotatable bonds is 5. The maximum Gasteiger partial charge on any atom is 0.228 e. The van der Waals surface area contributed by atoms with Crippen molar-refractivity contribution in [3.63, 3.8) is 0 Å². The van der Waals surface area contributed by atoms with E-state index in [1.165, 1.54) is 0 Å². The Kier molecular flexibility index (Phi) is 4.81. The maximum atomic E-state index is 12.9. The first kappa shape index (κ1) is 17.5. The molecule has 3 aromatic rings. The van der Waals surface area contributed by atoms with Gasteiger partial charge in [0.1, 0.15) is 0 Å². The van der Waals surface area contributed by atoms with Crippen molar-refractivity contribution in [1.82, 2.24) is 5.32 Å². The number of anilines is 1. The molecule has 1 aliphatic rings. The Bertz CT molecular complexity index is 917. The Labute approximate surface area is 161 Å². The SMILES string of the molecule is Cc1ccc(N2C(=O)CC(C(=O)NCc3ccoc3)C2c2cccs2)cc1. The van der Waals surface area contributed by atoms with E-state index in [4.69, 9.17) is 4.42 Å². The molecular weight excluding hydrogens is 360 g/mol. The van der Waals surface area contributed by atoms with E-state index >= 15 is 0 Å². The highest BCUT2D eigenvalue weighted by molar-refractivity contribution is 7.10. The summed E-state index contributed by atoms with van der Waals surface area (Å²) in [7, 11) is 0. The largest absolute Gasteiger partial charge is 0.472 e. The Morgan fingerprint density at radius 2 is 2.07 bits per heavy atom. The van der Waals surface area contributed by atoms with Crippen LogP contribution < -0.4 is 10.2 Å². The summed E-state index contributed by atoms with van der Waals surface area (Å²) in [5, 5.41) is 4.93. The summed E-state index contributed by atoms with van der Waals surface area (Å²) in [6, 6.07) is 13.3. The van der Waals surface area contributed by atoms with Crippen molar-refractivity contribution in [2.75, 3.05) is 4.90 Å². The number of hydrogen-bond acceptors (Lipinski definition) is 4. The molecule has 6 heteroatoms. The molecule has 1 fully saturated rings. The number of amides is 2. The van der Waals surface area contributed by atoms with Crippen molar-refractivity contribution < 1.29 is 14.0 Å². The van der Waals surface area contributed by atoms with Crippen LogP contribution in [0.25, 0.3) is 0 Å². The molecule has 0 saturated carbocycles. The fourth-order valence-electron chi connectivity index (χ4n) is 3.48. The van der Waals surface area contributed by atoms with Crippen molar-refractivity contribution in [2.45, 2.75) is 25.9 Å². The van der Waals surface area contributed by atoms with Gasteiger partial charge in [-0.3, -0.25) is 9.59 Å². The predicted molar refractivity (Wildman–Crippen MR) is 104 cm³/mol. The van der Waals surface area contributed by atoms with Gasteiger partial charge in [-0.15, -0.1) is 11.3 Å². The lowest BCUT2D eigenvalue weighted by Crippen LogP contribution is -2.35. The van der Waals surface area contributed by atoms with Crippen molar-refractivity contribution >= 4 is 28.8 Å². The molecule has 5 nitrogen and oxygen atoms in total. The van der Waals surface area contributed by atoms with E-state index in [0.717, 1.165) is 21.7 Å². The van der Waals surface area contributed by atoms with Crippen molar-refractivity contribution in [1.29, 1.82) is 0 Å². The smallest absolute Gasteiger partial charge is 0.228 e. The molecule has 3 heterocycles. The van der Waals surface area contributed by atoms with Crippen LogP contribution in [0.2, 0.25) is 0 Å². The van der Waals surface area contributed by atoms with Crippen LogP contribution in [0.5, 0.6) is 0 Å². The molecule has 0 radical (unpaired) electrons. The van der Waals surface area contributed by atoms with Crippen LogP contribution in [0.1, 0.15) is 28.5 Å². The quantitative estimate of drug-likeness (QED) is 0.726. The van der Waals surface area contributed by atoms with Gasteiger partial charge in [0.25, 0.3) is 0 Å². The highest BCUT2D eigenvalue weighted by atomic mass is 32.1. The third-order valence-corrected chi connectivity index (χ3v) is 5.80. The number of thiophene rings is 1. The molecule has 4 rings (SSSR count). The van der Waals surface area contributed by atoms with E-state index in [-0.39, 0.29) is 24.3 Å². The van der Waals surface area contributed by atoms with Gasteiger partial charge in [0.05, 0.1) is 24.5 Å². The number of carbonyl (C=O) groups excluding carboxylic acids is 2. The summed E-state index contributed by atoms with van der Waals surface area (Å²) in [5.41, 5.74) is 2.86. The number of nitrogens with zero attached hydrogens (tertiary/aromatic N) is 1. The molecule has 27 heavy (non-hydrogen) atoms. The van der Waals surface area contributed by atoms with Gasteiger partial charge in [-0.2, -0.15) is 0 Å². The van der Waals surface area contributed by atoms with Crippen molar-refractivity contribution in [3.05, 3.63) is 76.4 Å². The van der Waals surface area contributed by atoms with Crippen LogP contribution in [0, 0.1) is 12.8 Å². The molecule has 0 spiro atoms. The third kappa shape index (κ3) is 3.53. The molecule has 0 aliphatic carbocycles. The highest BCUT2D eigenvalue weighted by Crippen LogP contribution is 2.43. The van der Waals surface area contributed by atoms with E-state index < -0.39 is 5.92 Å². The summed E-state index contributed by atoms with van der Waals surface area (Å²) < 4.78 is 5.04. The van der Waals surface area contributed by atoms with Crippen LogP contribution in [-0.2, 0) is 16.1 Å². The molecule has 1 aromatic carbocycles. The highest BCUT2D eigenvalue weighted by Gasteiger charge is 2.45. The van der Waals surface area contributed by atoms with Gasteiger partial charge in [-0.25, -0.2) is 0 Å². The monoisotopic (exact) mass is 380 g/mol. The number of benzene rings is 1. The number of carbonyl (C=O) groups is 2. The van der Waals surface area contributed by atoms with Gasteiger partial charge < -0.3 is 14.6 Å². The standard InChI is InChI=1S/C21H20N2O3S/c1-14-4-6-16(7-5-14)23-19(24)11-17(20(23)18-3-2-10-27-18)21(25)22-12-15-8-9-26-13-15/h2-10,13,17,20H,11-12H2,1H3,(H,22,25). The van der Waals surface area contributed by atoms with E-state index in [1.54, 1.807) is 28.8 Å². The second-order valence-corrected chi connectivity index (χ2v) is 7.70. The molecule has 1 N–H and O–H groups in total. The summed E-state index contributed by atoms with van der Waals surface area (Å²) in [6.07, 6.45) is 3.39. The summed E-state index contributed by atoms with van der Waals surface area (Å²) in [6.45, 7) is 2.40. The molecular formula is C21H20N2O3S. The number of furan rings is 1. The van der Waals surface area contributed by atoms with Gasteiger partial charge in [0.2, 0.25) is 11.8 Å². The van der Waals surface area contributed by atoms with Gasteiger partial charge >= 0.3 is 0 Å². The number of nitrogens with one attached hydrogen (secondary N) is 1. The lowest BCUT2D eigenvalue weighted by atomic mass is 9.97. The second kappa shape index (κ2) is 7.40. The van der Waals surface area contributed by atoms with E-state index in [0.29, 0.717) is 6.54 Å². The zero-order valence-electron chi connectivity index (χ0n) is 14.9. The second-order valence-electron chi connectivity index (χ2n) is 6.72. The van der Waals surface area contributed by atoms with E-state index in [9.17, 15) is 9.59 Å². The summed E-state index contributed by atoms with van der Waals surface area (Å²) in [4.78, 5) is 28.5. The van der Waals surface area contributed by atoms with E-state index in [2.05, 4.69) is 5.32 Å². The number of aryl methyl sites for hydroxylation is 1. The Morgan fingerprint density at radius 3 is 2.74 bits per heavy atom. The summed E-state index contributed by atoms with van der Waals surface area (Å²) >= 11 is 1.57. The Hall–Kier alpha value is -2.86. The lowest BCUT2D eigenvalue weighted by molar-refractivity contribution is -0.126. The third-order valence-electron chi connectivity index (χ3n) is 4.85. The first-order valence-electron chi connectivity index (χ1n) is 8.84. The Morgan fingerprint density at radius 1 is 1.26 bits per heavy atom. The van der Waals surface area contributed by atoms with Crippen LogP contribution in [-0.4, -0.2) is 11.8 Å². The zero-order chi connectivity index (χ0) is 18.8. The fraction of sp³-hybridized carbons (Fsp3) is 0.238. The van der Waals surface area contributed by atoms with Gasteiger partial charge in [0, 0.05) is 29.1 Å². The van der Waals surface area contributed by atoms with Crippen LogP contribution in [0.15, 0.2) is 64.8 Å². The molecule has 2 unspecified atom stereocenters. The minimum Gasteiger partial charge on any atom is -0.472 e. The average Bonchev–Trinajstić information content (AvgIpc) is 3.41. The van der Waals surface area contributed by atoms with Gasteiger partial charge in [-0.1, -0.05) is 23.8 Å². The van der Waals surface area contributed by atoms with Crippen molar-refractivity contribution in [3.8, 4) is 0 Å². The predicted octanol–water partition coefficient (Wildman–Crippen LogP) is 4.06. The fourth-order valence-corrected chi connectivity index (χ4v) is 4.36. The Balaban J connectivity index is 1.62. The maximum absolute atomic E-state index is 12.9. The molecule has 138 valence electrons. The normalized spacial score (nSPS) is 19.4. The van der Waals surface area contributed by atoms with Crippen LogP contribution in [0.4, 0.5) is 5.69 Å².